The topological polar surface area (TPSA) is 72.4 Å². The number of ether oxygens (including phenoxy) is 2. The maximum atomic E-state index is 5.49. The molecule has 0 radical (unpaired) electrons. The number of thiophene rings is 1. The van der Waals surface area contributed by atoms with Crippen molar-refractivity contribution in [2.75, 3.05) is 20.3 Å². The average Bonchev–Trinajstić information content (AvgIpc) is 3.28. The monoisotopic (exact) mass is 346 g/mol. The molecule has 0 saturated heterocycles. The van der Waals surface area contributed by atoms with E-state index in [1.165, 1.54) is 0 Å². The van der Waals surface area contributed by atoms with Gasteiger partial charge in [-0.1, -0.05) is 11.8 Å². The van der Waals surface area contributed by atoms with Gasteiger partial charge in [0, 0.05) is 18.0 Å². The van der Waals surface area contributed by atoms with Gasteiger partial charge in [-0.25, -0.2) is 9.98 Å². The fourth-order valence-corrected chi connectivity index (χ4v) is 4.04. The minimum absolute atomic E-state index is 0.670. The third-order valence-corrected chi connectivity index (χ3v) is 5.26. The van der Waals surface area contributed by atoms with E-state index in [0.29, 0.717) is 6.61 Å². The number of pyridine rings is 1. The highest BCUT2D eigenvalue weighted by Crippen LogP contribution is 2.29. The minimum atomic E-state index is 0.670. The zero-order chi connectivity index (χ0) is 15.6. The van der Waals surface area contributed by atoms with Crippen molar-refractivity contribution in [3.8, 4) is 5.75 Å². The Bertz CT molecular complexity index is 840. The van der Waals surface area contributed by atoms with Gasteiger partial charge in [0.2, 0.25) is 5.90 Å². The van der Waals surface area contributed by atoms with Crippen LogP contribution in [0.2, 0.25) is 0 Å². The van der Waals surface area contributed by atoms with Crippen LogP contribution in [0, 0.1) is 0 Å². The molecule has 1 aliphatic heterocycles. The SMILES string of the molecule is COc1ccnc(CSc2nc3sc(C4=NCCO4)cc3[nH]2)c1. The predicted molar refractivity (Wildman–Crippen MR) is 91.7 cm³/mol. The Morgan fingerprint density at radius 1 is 1.43 bits per heavy atom. The second-order valence-electron chi connectivity index (χ2n) is 4.88. The minimum Gasteiger partial charge on any atom is -0.497 e. The molecule has 3 aromatic rings. The van der Waals surface area contributed by atoms with E-state index in [4.69, 9.17) is 9.47 Å². The van der Waals surface area contributed by atoms with E-state index in [0.717, 1.165) is 50.0 Å². The molecular weight excluding hydrogens is 332 g/mol. The number of methoxy groups -OCH3 is 1. The second-order valence-corrected chi connectivity index (χ2v) is 6.88. The Morgan fingerprint density at radius 3 is 3.17 bits per heavy atom. The van der Waals surface area contributed by atoms with Crippen LogP contribution in [0.4, 0.5) is 0 Å². The summed E-state index contributed by atoms with van der Waals surface area (Å²) in [5, 5.41) is 0.886. The third-order valence-electron chi connectivity index (χ3n) is 3.33. The van der Waals surface area contributed by atoms with Crippen molar-refractivity contribution < 1.29 is 9.47 Å². The van der Waals surface area contributed by atoms with Gasteiger partial charge in [0.25, 0.3) is 0 Å². The highest BCUT2D eigenvalue weighted by atomic mass is 32.2. The molecule has 0 saturated carbocycles. The average molecular weight is 346 g/mol. The molecule has 6 nitrogen and oxygen atoms in total. The van der Waals surface area contributed by atoms with Crippen LogP contribution in [-0.4, -0.2) is 41.1 Å². The van der Waals surface area contributed by atoms with Crippen LogP contribution >= 0.6 is 23.1 Å². The second kappa shape index (κ2) is 6.21. The van der Waals surface area contributed by atoms with Gasteiger partial charge in [0.1, 0.15) is 17.2 Å². The molecule has 0 aliphatic carbocycles. The lowest BCUT2D eigenvalue weighted by molar-refractivity contribution is 0.349. The van der Waals surface area contributed by atoms with Crippen LogP contribution in [0.3, 0.4) is 0 Å². The number of aromatic nitrogens is 3. The summed E-state index contributed by atoms with van der Waals surface area (Å²) in [6.07, 6.45) is 1.75. The number of hydrogen-bond acceptors (Lipinski definition) is 7. The molecule has 4 rings (SSSR count). The van der Waals surface area contributed by atoms with Crippen LogP contribution in [0.5, 0.6) is 5.75 Å². The molecule has 4 heterocycles. The predicted octanol–water partition coefficient (Wildman–Crippen LogP) is 3.10. The van der Waals surface area contributed by atoms with Gasteiger partial charge >= 0.3 is 0 Å². The zero-order valence-corrected chi connectivity index (χ0v) is 14.0. The first-order chi connectivity index (χ1) is 11.3. The van der Waals surface area contributed by atoms with E-state index in [2.05, 4.69) is 19.9 Å². The number of fused-ring (bicyclic) bond motifs is 1. The first-order valence-corrected chi connectivity index (χ1v) is 8.91. The molecule has 3 aromatic heterocycles. The summed E-state index contributed by atoms with van der Waals surface area (Å²) >= 11 is 3.22. The van der Waals surface area contributed by atoms with E-state index in [1.54, 1.807) is 36.4 Å². The zero-order valence-electron chi connectivity index (χ0n) is 12.4. The lowest BCUT2D eigenvalue weighted by atomic mass is 10.3. The van der Waals surface area contributed by atoms with E-state index in [-0.39, 0.29) is 0 Å². The summed E-state index contributed by atoms with van der Waals surface area (Å²) in [7, 11) is 1.66. The van der Waals surface area contributed by atoms with Gasteiger partial charge in [-0.3, -0.25) is 4.98 Å². The first-order valence-electron chi connectivity index (χ1n) is 7.11. The molecule has 0 spiro atoms. The van der Waals surface area contributed by atoms with Crippen LogP contribution < -0.4 is 4.74 Å². The molecule has 0 fully saturated rings. The molecule has 0 unspecified atom stereocenters. The molecule has 1 aliphatic rings. The van der Waals surface area contributed by atoms with Crippen molar-refractivity contribution >= 4 is 39.3 Å². The van der Waals surface area contributed by atoms with Gasteiger partial charge < -0.3 is 14.5 Å². The number of nitrogens with one attached hydrogen (secondary N) is 1. The number of aliphatic imine (C=N–C) groups is 1. The van der Waals surface area contributed by atoms with Crippen molar-refractivity contribution in [3.05, 3.63) is 35.0 Å². The Morgan fingerprint density at radius 2 is 2.39 bits per heavy atom. The number of thioether (sulfide) groups is 1. The third kappa shape index (κ3) is 3.04. The fraction of sp³-hybridized carbons (Fsp3) is 0.267. The lowest BCUT2D eigenvalue weighted by Gasteiger charge is -2.02. The van der Waals surface area contributed by atoms with E-state index >= 15 is 0 Å². The smallest absolute Gasteiger partial charge is 0.226 e. The number of imidazole rings is 1. The molecule has 0 aromatic carbocycles. The quantitative estimate of drug-likeness (QED) is 0.719. The molecule has 118 valence electrons. The highest BCUT2D eigenvalue weighted by molar-refractivity contribution is 7.98. The van der Waals surface area contributed by atoms with Gasteiger partial charge in [0.05, 0.1) is 29.7 Å². The Kier molecular flexibility index (Phi) is 3.92. The maximum absolute atomic E-state index is 5.49. The van der Waals surface area contributed by atoms with E-state index in [1.807, 2.05) is 18.2 Å². The summed E-state index contributed by atoms with van der Waals surface area (Å²) in [4.78, 5) is 18.6. The van der Waals surface area contributed by atoms with Crippen molar-refractivity contribution in [2.45, 2.75) is 10.9 Å². The molecule has 0 bridgehead atoms. The Balaban J connectivity index is 1.48. The van der Waals surface area contributed by atoms with Crippen LogP contribution in [0.1, 0.15) is 10.6 Å². The summed E-state index contributed by atoms with van der Waals surface area (Å²) < 4.78 is 10.7. The normalized spacial score (nSPS) is 14.0. The van der Waals surface area contributed by atoms with Crippen molar-refractivity contribution in [2.24, 2.45) is 4.99 Å². The van der Waals surface area contributed by atoms with Crippen LogP contribution in [-0.2, 0) is 10.5 Å². The molecule has 1 N–H and O–H groups in total. The summed E-state index contributed by atoms with van der Waals surface area (Å²) in [6.45, 7) is 1.41. The Hall–Kier alpha value is -2.06. The van der Waals surface area contributed by atoms with E-state index < -0.39 is 0 Å². The maximum Gasteiger partial charge on any atom is 0.226 e. The standard InChI is InChI=1S/C15H14N4O2S2/c1-20-10-2-3-16-9(6-10)8-22-15-18-11-7-12(23-14(11)19-15)13-17-4-5-21-13/h2-3,6-7H,4-5,8H2,1H3,(H,18,19). The van der Waals surface area contributed by atoms with Crippen molar-refractivity contribution in [3.63, 3.8) is 0 Å². The Labute approximate surface area is 141 Å². The number of aromatic amines is 1. The number of nitrogens with zero attached hydrogens (tertiary/aromatic N) is 3. The molecule has 0 amide bonds. The number of hydrogen-bond donors (Lipinski definition) is 1. The van der Waals surface area contributed by atoms with Crippen molar-refractivity contribution in [1.82, 2.24) is 15.0 Å². The van der Waals surface area contributed by atoms with Gasteiger partial charge in [0.15, 0.2) is 5.16 Å². The summed E-state index contributed by atoms with van der Waals surface area (Å²) in [5.41, 5.74) is 1.98. The van der Waals surface area contributed by atoms with E-state index in [9.17, 15) is 0 Å². The van der Waals surface area contributed by atoms with Crippen molar-refractivity contribution in [1.29, 1.82) is 0 Å². The van der Waals surface area contributed by atoms with Crippen LogP contribution in [0.25, 0.3) is 10.3 Å². The van der Waals surface area contributed by atoms with Gasteiger partial charge in [-0.15, -0.1) is 11.3 Å². The van der Waals surface area contributed by atoms with Gasteiger partial charge in [-0.05, 0) is 12.1 Å². The summed E-state index contributed by atoms with van der Waals surface area (Å²) in [5.74, 6) is 2.29. The fourth-order valence-electron chi connectivity index (χ4n) is 2.25. The molecule has 0 atom stereocenters. The molecule has 8 heteroatoms. The highest BCUT2D eigenvalue weighted by Gasteiger charge is 2.16. The number of H-pyrrole nitrogens is 1. The first kappa shape index (κ1) is 14.5. The molecule has 23 heavy (non-hydrogen) atoms. The van der Waals surface area contributed by atoms with Gasteiger partial charge in [-0.2, -0.15) is 0 Å². The lowest BCUT2D eigenvalue weighted by Crippen LogP contribution is -1.97. The number of rotatable bonds is 5. The molecular formula is C15H14N4O2S2. The summed E-state index contributed by atoms with van der Waals surface area (Å²) in [6, 6.07) is 5.82. The largest absolute Gasteiger partial charge is 0.497 e. The van der Waals surface area contributed by atoms with Crippen LogP contribution in [0.15, 0.2) is 34.5 Å².